The summed E-state index contributed by atoms with van der Waals surface area (Å²) in [6, 6.07) is 29.7. The van der Waals surface area contributed by atoms with Crippen molar-refractivity contribution >= 4 is 34.9 Å². The molecule has 0 spiro atoms. The molecule has 1 amide bonds. The Kier molecular flexibility index (Phi) is 9.77. The standard InChI is InChI=1S/C30H34N4OS/c1-24(26-8-3-2-4-9-26)22-34(20-7-18-31-23-35)21-17-25-13-15-28(16-14-25)33-36-29-12-5-10-27-11-6-19-32-30(27)29/h2-6,8-16,19,23-24,33H,7,17-18,20-22H2,1H3,(H,31,35). The first-order chi connectivity index (χ1) is 17.7. The first kappa shape index (κ1) is 25.7. The van der Waals surface area contributed by atoms with Crippen molar-refractivity contribution in [1.82, 2.24) is 15.2 Å². The fraction of sp³-hybridized carbons (Fsp3) is 0.267. The second kappa shape index (κ2) is 13.7. The highest BCUT2D eigenvalue weighted by Crippen LogP contribution is 2.27. The van der Waals surface area contributed by atoms with Gasteiger partial charge in [0.25, 0.3) is 0 Å². The predicted molar refractivity (Wildman–Crippen MR) is 151 cm³/mol. The van der Waals surface area contributed by atoms with E-state index in [0.717, 1.165) is 60.4 Å². The van der Waals surface area contributed by atoms with E-state index in [1.165, 1.54) is 11.1 Å². The summed E-state index contributed by atoms with van der Waals surface area (Å²) in [5.74, 6) is 0.456. The number of pyridine rings is 1. The molecule has 6 heteroatoms. The maximum absolute atomic E-state index is 10.6. The first-order valence-electron chi connectivity index (χ1n) is 12.5. The van der Waals surface area contributed by atoms with Crippen LogP contribution in [0.4, 0.5) is 5.69 Å². The molecule has 0 saturated carbocycles. The molecule has 0 fully saturated rings. The number of rotatable bonds is 14. The Morgan fingerprint density at radius 1 is 0.944 bits per heavy atom. The molecule has 1 heterocycles. The number of para-hydroxylation sites is 1. The van der Waals surface area contributed by atoms with Gasteiger partial charge in [0, 0.05) is 36.9 Å². The SMILES string of the molecule is CC(CN(CCCNC=O)CCc1ccc(NSc2cccc3cccnc23)cc1)c1ccccc1. The van der Waals surface area contributed by atoms with Crippen LogP contribution in [-0.4, -0.2) is 42.5 Å². The van der Waals surface area contributed by atoms with Crippen molar-refractivity contribution in [2.75, 3.05) is 30.9 Å². The molecule has 186 valence electrons. The number of carbonyl (C=O) groups excluding carboxylic acids is 1. The van der Waals surface area contributed by atoms with E-state index in [1.807, 2.05) is 12.3 Å². The van der Waals surface area contributed by atoms with Gasteiger partial charge in [-0.25, -0.2) is 0 Å². The summed E-state index contributed by atoms with van der Waals surface area (Å²) in [4.78, 5) is 18.8. The molecular formula is C30H34N4OS. The lowest BCUT2D eigenvalue weighted by molar-refractivity contribution is -0.109. The van der Waals surface area contributed by atoms with E-state index in [1.54, 1.807) is 11.9 Å². The van der Waals surface area contributed by atoms with E-state index in [2.05, 4.69) is 106 Å². The van der Waals surface area contributed by atoms with Gasteiger partial charge >= 0.3 is 0 Å². The molecule has 0 radical (unpaired) electrons. The molecule has 1 atom stereocenters. The number of hydrogen-bond acceptors (Lipinski definition) is 5. The van der Waals surface area contributed by atoms with Gasteiger partial charge in [-0.1, -0.05) is 67.6 Å². The van der Waals surface area contributed by atoms with E-state index in [0.29, 0.717) is 12.5 Å². The number of nitrogens with one attached hydrogen (secondary N) is 2. The summed E-state index contributed by atoms with van der Waals surface area (Å²) in [6.07, 6.45) is 4.55. The Labute approximate surface area is 218 Å². The van der Waals surface area contributed by atoms with Crippen LogP contribution in [0.1, 0.15) is 30.4 Å². The molecule has 0 saturated heterocycles. The lowest BCUT2D eigenvalue weighted by Gasteiger charge is -2.26. The summed E-state index contributed by atoms with van der Waals surface area (Å²) in [7, 11) is 0. The van der Waals surface area contributed by atoms with E-state index >= 15 is 0 Å². The number of anilines is 1. The number of nitrogens with zero attached hydrogens (tertiary/aromatic N) is 2. The smallest absolute Gasteiger partial charge is 0.207 e. The Morgan fingerprint density at radius 2 is 1.75 bits per heavy atom. The van der Waals surface area contributed by atoms with Gasteiger partial charge in [-0.15, -0.1) is 0 Å². The van der Waals surface area contributed by atoms with Gasteiger partial charge < -0.3 is 14.9 Å². The Morgan fingerprint density at radius 3 is 2.56 bits per heavy atom. The molecule has 0 aliphatic heterocycles. The third-order valence-electron chi connectivity index (χ3n) is 6.32. The summed E-state index contributed by atoms with van der Waals surface area (Å²) < 4.78 is 3.46. The Hall–Kier alpha value is -3.35. The van der Waals surface area contributed by atoms with Gasteiger partial charge in [-0.2, -0.15) is 0 Å². The predicted octanol–water partition coefficient (Wildman–Crippen LogP) is 6.14. The van der Waals surface area contributed by atoms with Crippen molar-refractivity contribution in [3.8, 4) is 0 Å². The van der Waals surface area contributed by atoms with Crippen molar-refractivity contribution in [3.63, 3.8) is 0 Å². The highest BCUT2D eigenvalue weighted by Gasteiger charge is 2.12. The van der Waals surface area contributed by atoms with Crippen LogP contribution in [0.5, 0.6) is 0 Å². The van der Waals surface area contributed by atoms with Gasteiger partial charge in [-0.3, -0.25) is 9.78 Å². The monoisotopic (exact) mass is 498 g/mol. The third kappa shape index (κ3) is 7.57. The molecule has 0 aliphatic carbocycles. The highest BCUT2D eigenvalue weighted by atomic mass is 32.2. The van der Waals surface area contributed by atoms with E-state index in [9.17, 15) is 4.79 Å². The molecule has 5 nitrogen and oxygen atoms in total. The van der Waals surface area contributed by atoms with Crippen molar-refractivity contribution in [3.05, 3.63) is 102 Å². The van der Waals surface area contributed by atoms with Crippen LogP contribution < -0.4 is 10.0 Å². The van der Waals surface area contributed by atoms with Crippen LogP contribution in [0.25, 0.3) is 10.9 Å². The number of hydrogen-bond donors (Lipinski definition) is 2. The molecular weight excluding hydrogens is 464 g/mol. The minimum atomic E-state index is 0.456. The zero-order valence-electron chi connectivity index (χ0n) is 20.8. The molecule has 4 rings (SSSR count). The van der Waals surface area contributed by atoms with E-state index in [-0.39, 0.29) is 0 Å². The summed E-state index contributed by atoms with van der Waals surface area (Å²) in [6.45, 7) is 5.95. The van der Waals surface area contributed by atoms with Crippen molar-refractivity contribution in [1.29, 1.82) is 0 Å². The average Bonchev–Trinajstić information content (AvgIpc) is 2.93. The highest BCUT2D eigenvalue weighted by molar-refractivity contribution is 8.00. The lowest BCUT2D eigenvalue weighted by Crippen LogP contribution is -2.32. The number of aromatic nitrogens is 1. The number of amides is 1. The maximum atomic E-state index is 10.6. The Bertz CT molecular complexity index is 1210. The number of benzene rings is 3. The Balaban J connectivity index is 1.31. The largest absolute Gasteiger partial charge is 0.359 e. The number of fused-ring (bicyclic) bond motifs is 1. The molecule has 36 heavy (non-hydrogen) atoms. The molecule has 1 aromatic heterocycles. The van der Waals surface area contributed by atoms with Crippen LogP contribution >= 0.6 is 11.9 Å². The fourth-order valence-corrected chi connectivity index (χ4v) is 5.11. The molecule has 0 aliphatic rings. The fourth-order valence-electron chi connectivity index (χ4n) is 4.33. The van der Waals surface area contributed by atoms with Crippen molar-refractivity contribution in [2.45, 2.75) is 30.6 Å². The van der Waals surface area contributed by atoms with Gasteiger partial charge in [-0.05, 0) is 72.6 Å². The normalized spacial score (nSPS) is 11.9. The second-order valence-corrected chi connectivity index (χ2v) is 9.87. The zero-order chi connectivity index (χ0) is 25.0. The van der Waals surface area contributed by atoms with Crippen molar-refractivity contribution < 1.29 is 4.79 Å². The minimum absolute atomic E-state index is 0.456. The van der Waals surface area contributed by atoms with E-state index in [4.69, 9.17) is 0 Å². The molecule has 0 bridgehead atoms. The zero-order valence-corrected chi connectivity index (χ0v) is 21.6. The lowest BCUT2D eigenvalue weighted by atomic mass is 10.0. The molecule has 4 aromatic rings. The second-order valence-electron chi connectivity index (χ2n) is 9.02. The third-order valence-corrected chi connectivity index (χ3v) is 7.21. The van der Waals surface area contributed by atoms with Crippen LogP contribution in [0, 0.1) is 0 Å². The summed E-state index contributed by atoms with van der Waals surface area (Å²) in [5.41, 5.74) is 4.78. The van der Waals surface area contributed by atoms with Crippen LogP contribution in [0.3, 0.4) is 0 Å². The van der Waals surface area contributed by atoms with Crippen LogP contribution in [0.15, 0.2) is 96.0 Å². The molecule has 1 unspecified atom stereocenters. The molecule has 3 aromatic carbocycles. The van der Waals surface area contributed by atoms with E-state index < -0.39 is 0 Å². The van der Waals surface area contributed by atoms with Gasteiger partial charge in [0.2, 0.25) is 6.41 Å². The van der Waals surface area contributed by atoms with Crippen molar-refractivity contribution in [2.24, 2.45) is 0 Å². The van der Waals surface area contributed by atoms with Gasteiger partial charge in [0.1, 0.15) is 0 Å². The quantitative estimate of drug-likeness (QED) is 0.124. The average molecular weight is 499 g/mol. The minimum Gasteiger partial charge on any atom is -0.359 e. The summed E-state index contributed by atoms with van der Waals surface area (Å²) in [5, 5.41) is 3.93. The van der Waals surface area contributed by atoms with Gasteiger partial charge in [0.15, 0.2) is 0 Å². The van der Waals surface area contributed by atoms with Crippen LogP contribution in [0.2, 0.25) is 0 Å². The number of carbonyl (C=O) groups is 1. The summed E-state index contributed by atoms with van der Waals surface area (Å²) >= 11 is 1.59. The maximum Gasteiger partial charge on any atom is 0.207 e. The van der Waals surface area contributed by atoms with Crippen LogP contribution in [-0.2, 0) is 11.2 Å². The topological polar surface area (TPSA) is 57.3 Å². The van der Waals surface area contributed by atoms with Gasteiger partial charge in [0.05, 0.1) is 10.4 Å². The molecule has 2 N–H and O–H groups in total. The first-order valence-corrected chi connectivity index (χ1v) is 13.3.